The van der Waals surface area contributed by atoms with Crippen molar-refractivity contribution in [1.82, 2.24) is 5.32 Å². The Bertz CT molecular complexity index is 818. The Kier molecular flexibility index (Phi) is 7.38. The molecule has 0 unspecified atom stereocenters. The lowest BCUT2D eigenvalue weighted by molar-refractivity contribution is 0.00578. The molecule has 0 heterocycles. The minimum absolute atomic E-state index is 0.179. The molecule has 3 nitrogen and oxygen atoms in total. The van der Waals surface area contributed by atoms with Crippen molar-refractivity contribution in [2.75, 3.05) is 13.2 Å². The molecule has 0 aliphatic rings. The zero-order chi connectivity index (χ0) is 19.8. The van der Waals surface area contributed by atoms with Gasteiger partial charge in [-0.25, -0.2) is 0 Å². The maximum absolute atomic E-state index is 10.4. The largest absolute Gasteiger partial charge is 0.389 e. The summed E-state index contributed by atoms with van der Waals surface area (Å²) in [6.45, 7) is 4.92. The van der Waals surface area contributed by atoms with Crippen LogP contribution in [0.3, 0.4) is 0 Å². The van der Waals surface area contributed by atoms with E-state index in [4.69, 9.17) is 4.74 Å². The number of rotatable bonds is 9. The van der Waals surface area contributed by atoms with Crippen molar-refractivity contribution in [2.24, 2.45) is 0 Å². The fraction of sp³-hybridized carbons (Fsp3) is 0.280. The lowest BCUT2D eigenvalue weighted by atomic mass is 10.0. The predicted octanol–water partition coefficient (Wildman–Crippen LogP) is 4.81. The summed E-state index contributed by atoms with van der Waals surface area (Å²) in [6.07, 6.45) is -0.772. The van der Waals surface area contributed by atoms with Crippen LogP contribution in [-0.4, -0.2) is 24.4 Å². The first-order valence-electron chi connectivity index (χ1n) is 9.83. The smallest absolute Gasteiger partial charge is 0.108 e. The Morgan fingerprint density at radius 1 is 0.786 bits per heavy atom. The molecule has 0 fully saturated rings. The van der Waals surface area contributed by atoms with Crippen molar-refractivity contribution >= 4 is 0 Å². The molecule has 28 heavy (non-hydrogen) atoms. The molecule has 0 aromatic heterocycles. The Morgan fingerprint density at radius 2 is 1.32 bits per heavy atom. The van der Waals surface area contributed by atoms with Crippen LogP contribution in [0.5, 0.6) is 0 Å². The normalized spacial score (nSPS) is 14.4. The summed E-state index contributed by atoms with van der Waals surface area (Å²) in [4.78, 5) is 0. The van der Waals surface area contributed by atoms with Gasteiger partial charge in [-0.2, -0.15) is 0 Å². The summed E-state index contributed by atoms with van der Waals surface area (Å²) in [5, 5.41) is 13.8. The number of aliphatic hydroxyl groups excluding tert-OH is 1. The fourth-order valence-corrected chi connectivity index (χ4v) is 3.19. The van der Waals surface area contributed by atoms with Gasteiger partial charge in [0.2, 0.25) is 0 Å². The third kappa shape index (κ3) is 5.77. The lowest BCUT2D eigenvalue weighted by Crippen LogP contribution is -2.32. The molecule has 0 amide bonds. The second kappa shape index (κ2) is 10.2. The van der Waals surface area contributed by atoms with E-state index in [0.717, 1.165) is 11.1 Å². The third-order valence-corrected chi connectivity index (χ3v) is 4.90. The molecule has 3 heteroatoms. The van der Waals surface area contributed by atoms with Crippen LogP contribution in [-0.2, 0) is 4.74 Å². The zero-order valence-electron chi connectivity index (χ0n) is 16.6. The van der Waals surface area contributed by atoms with Gasteiger partial charge in [-0.05, 0) is 30.5 Å². The number of aryl methyl sites for hydroxylation is 1. The summed E-state index contributed by atoms with van der Waals surface area (Å²) >= 11 is 0. The molecule has 0 aliphatic heterocycles. The summed E-state index contributed by atoms with van der Waals surface area (Å²) in [5.41, 5.74) is 4.60. The van der Waals surface area contributed by atoms with Crippen LogP contribution in [0.15, 0.2) is 84.9 Å². The number of hydrogen-bond acceptors (Lipinski definition) is 3. The van der Waals surface area contributed by atoms with Crippen LogP contribution in [0.1, 0.15) is 41.3 Å². The fourth-order valence-electron chi connectivity index (χ4n) is 3.19. The maximum atomic E-state index is 10.4. The zero-order valence-corrected chi connectivity index (χ0v) is 16.6. The summed E-state index contributed by atoms with van der Waals surface area (Å²) in [6, 6.07) is 28.9. The van der Waals surface area contributed by atoms with E-state index >= 15 is 0 Å². The molecule has 0 bridgehead atoms. The number of benzene rings is 3. The first-order valence-corrected chi connectivity index (χ1v) is 9.83. The van der Waals surface area contributed by atoms with Gasteiger partial charge in [-0.15, -0.1) is 0 Å². The first-order chi connectivity index (χ1) is 13.6. The number of nitrogens with one attached hydrogen (secondary N) is 1. The van der Waals surface area contributed by atoms with E-state index in [-0.39, 0.29) is 18.8 Å². The number of hydrogen-bond donors (Lipinski definition) is 2. The molecule has 0 aliphatic carbocycles. The van der Waals surface area contributed by atoms with E-state index in [9.17, 15) is 5.11 Å². The molecule has 0 saturated heterocycles. The molecule has 0 spiro atoms. The first kappa shape index (κ1) is 20.3. The standard InChI is InChI=1S/C25H29NO2/c1-19-13-15-23(16-14-19)25(22-11-7-4-8-12-22)28-18-24(27)17-26-20(2)21-9-5-3-6-10-21/h3-16,20,24-27H,17-18H2,1-2H3/t20-,24-,25-/m1/s1. The Balaban J connectivity index is 1.59. The molecule has 0 radical (unpaired) electrons. The summed E-state index contributed by atoms with van der Waals surface area (Å²) in [7, 11) is 0. The number of aliphatic hydroxyl groups is 1. The van der Waals surface area contributed by atoms with Gasteiger partial charge >= 0.3 is 0 Å². The Labute approximate surface area is 168 Å². The summed E-state index contributed by atoms with van der Waals surface area (Å²) < 4.78 is 6.16. The van der Waals surface area contributed by atoms with E-state index < -0.39 is 6.10 Å². The van der Waals surface area contributed by atoms with Crippen LogP contribution in [0.2, 0.25) is 0 Å². The molecule has 146 valence electrons. The average Bonchev–Trinajstić information content (AvgIpc) is 2.75. The van der Waals surface area contributed by atoms with Crippen molar-refractivity contribution < 1.29 is 9.84 Å². The van der Waals surface area contributed by atoms with Gasteiger partial charge < -0.3 is 15.2 Å². The molecule has 3 aromatic rings. The number of ether oxygens (including phenoxy) is 1. The average molecular weight is 376 g/mol. The molecular formula is C25H29NO2. The van der Waals surface area contributed by atoms with Gasteiger partial charge in [0, 0.05) is 12.6 Å². The van der Waals surface area contributed by atoms with E-state index in [1.165, 1.54) is 11.1 Å². The molecule has 3 aromatic carbocycles. The highest BCUT2D eigenvalue weighted by Crippen LogP contribution is 2.26. The second-order valence-electron chi connectivity index (χ2n) is 7.23. The Morgan fingerprint density at radius 3 is 1.93 bits per heavy atom. The maximum Gasteiger partial charge on any atom is 0.108 e. The molecule has 0 saturated carbocycles. The highest BCUT2D eigenvalue weighted by atomic mass is 16.5. The molecule has 2 N–H and O–H groups in total. The second-order valence-corrected chi connectivity index (χ2v) is 7.23. The van der Waals surface area contributed by atoms with Gasteiger partial charge in [0.1, 0.15) is 6.10 Å². The van der Waals surface area contributed by atoms with E-state index in [2.05, 4.69) is 67.7 Å². The summed E-state index contributed by atoms with van der Waals surface area (Å²) in [5.74, 6) is 0. The lowest BCUT2D eigenvalue weighted by Gasteiger charge is -2.22. The molecule has 3 rings (SSSR count). The highest BCUT2D eigenvalue weighted by molar-refractivity contribution is 5.31. The van der Waals surface area contributed by atoms with Crippen LogP contribution < -0.4 is 5.32 Å². The van der Waals surface area contributed by atoms with Crippen molar-refractivity contribution in [3.05, 3.63) is 107 Å². The van der Waals surface area contributed by atoms with Gasteiger partial charge in [0.15, 0.2) is 0 Å². The van der Waals surface area contributed by atoms with Gasteiger partial charge in [-0.1, -0.05) is 90.5 Å². The van der Waals surface area contributed by atoms with E-state index in [1.54, 1.807) is 0 Å². The van der Waals surface area contributed by atoms with Gasteiger partial charge in [-0.3, -0.25) is 0 Å². The van der Waals surface area contributed by atoms with Crippen molar-refractivity contribution in [3.63, 3.8) is 0 Å². The predicted molar refractivity (Wildman–Crippen MR) is 114 cm³/mol. The molecular weight excluding hydrogens is 346 g/mol. The Hall–Kier alpha value is -2.46. The topological polar surface area (TPSA) is 41.5 Å². The SMILES string of the molecule is Cc1ccc([C@H](OC[C@H](O)CN[C@H](C)c2ccccc2)c2ccccc2)cc1. The minimum Gasteiger partial charge on any atom is -0.389 e. The van der Waals surface area contributed by atoms with Crippen LogP contribution in [0, 0.1) is 6.92 Å². The van der Waals surface area contributed by atoms with Gasteiger partial charge in [0.05, 0.1) is 12.7 Å². The monoisotopic (exact) mass is 375 g/mol. The minimum atomic E-state index is -0.581. The van der Waals surface area contributed by atoms with Crippen LogP contribution >= 0.6 is 0 Å². The van der Waals surface area contributed by atoms with Crippen LogP contribution in [0.25, 0.3) is 0 Å². The van der Waals surface area contributed by atoms with Crippen molar-refractivity contribution in [3.8, 4) is 0 Å². The molecule has 3 atom stereocenters. The highest BCUT2D eigenvalue weighted by Gasteiger charge is 2.17. The van der Waals surface area contributed by atoms with Crippen molar-refractivity contribution in [1.29, 1.82) is 0 Å². The van der Waals surface area contributed by atoms with Gasteiger partial charge in [0.25, 0.3) is 0 Å². The van der Waals surface area contributed by atoms with Crippen molar-refractivity contribution in [2.45, 2.75) is 32.1 Å². The quantitative estimate of drug-likeness (QED) is 0.564. The third-order valence-electron chi connectivity index (χ3n) is 4.90. The van der Waals surface area contributed by atoms with Crippen LogP contribution in [0.4, 0.5) is 0 Å². The van der Waals surface area contributed by atoms with E-state index in [0.29, 0.717) is 6.54 Å². The van der Waals surface area contributed by atoms with E-state index in [1.807, 2.05) is 36.4 Å².